The lowest BCUT2D eigenvalue weighted by Crippen LogP contribution is -2.36. The van der Waals surface area contributed by atoms with Gasteiger partial charge in [-0.3, -0.25) is 9.59 Å². The van der Waals surface area contributed by atoms with Gasteiger partial charge in [-0.05, 0) is 29.8 Å². The van der Waals surface area contributed by atoms with Crippen molar-refractivity contribution in [2.45, 2.75) is 12.5 Å². The Morgan fingerprint density at radius 3 is 2.66 bits per heavy atom. The topological polar surface area (TPSA) is 127 Å². The molecule has 1 saturated carbocycles. The standard InChI is InChI=1S/C23H23N5O4/c1-24-22(30)19-9-13(21(29)27-20-16-10-28(23(31)32)11-17(16)20)8-14(26-19)7-12-3-2-4-18-15(12)5-6-25-18/h2-6,8-9,16-17,20,25H,7,10-11H2,1H3,(H,24,30)(H,27,29)(H,31,32). The zero-order valence-electron chi connectivity index (χ0n) is 17.5. The molecular weight excluding hydrogens is 410 g/mol. The molecule has 3 aromatic rings. The van der Waals surface area contributed by atoms with Crippen molar-refractivity contribution < 1.29 is 19.5 Å². The summed E-state index contributed by atoms with van der Waals surface area (Å²) in [7, 11) is 1.52. The number of H-pyrrole nitrogens is 1. The third-order valence-corrected chi connectivity index (χ3v) is 6.42. The fourth-order valence-corrected chi connectivity index (χ4v) is 4.68. The highest BCUT2D eigenvalue weighted by molar-refractivity contribution is 5.99. The van der Waals surface area contributed by atoms with E-state index in [1.54, 1.807) is 6.07 Å². The summed E-state index contributed by atoms with van der Waals surface area (Å²) >= 11 is 0. The van der Waals surface area contributed by atoms with Gasteiger partial charge in [0, 0.05) is 72.8 Å². The number of nitrogens with zero attached hydrogens (tertiary/aromatic N) is 2. The average molecular weight is 433 g/mol. The number of carbonyl (C=O) groups is 3. The highest BCUT2D eigenvalue weighted by atomic mass is 16.4. The molecule has 0 radical (unpaired) electrons. The monoisotopic (exact) mass is 433 g/mol. The predicted octanol–water partition coefficient (Wildman–Crippen LogP) is 1.85. The summed E-state index contributed by atoms with van der Waals surface area (Å²) in [6.45, 7) is 0.882. The molecule has 5 rings (SSSR count). The third kappa shape index (κ3) is 3.55. The van der Waals surface area contributed by atoms with E-state index in [4.69, 9.17) is 5.11 Å². The van der Waals surface area contributed by atoms with Gasteiger partial charge in [0.05, 0.1) is 0 Å². The first kappa shape index (κ1) is 20.0. The summed E-state index contributed by atoms with van der Waals surface area (Å²) in [4.78, 5) is 45.4. The van der Waals surface area contributed by atoms with Crippen molar-refractivity contribution in [2.24, 2.45) is 11.8 Å². The van der Waals surface area contributed by atoms with E-state index in [1.165, 1.54) is 18.0 Å². The molecule has 32 heavy (non-hydrogen) atoms. The first-order valence-electron chi connectivity index (χ1n) is 10.5. The number of aromatic amines is 1. The second-order valence-electron chi connectivity index (χ2n) is 8.36. The highest BCUT2D eigenvalue weighted by Crippen LogP contribution is 2.45. The Balaban J connectivity index is 1.38. The largest absolute Gasteiger partial charge is 0.465 e. The number of hydrogen-bond donors (Lipinski definition) is 4. The van der Waals surface area contributed by atoms with Crippen molar-refractivity contribution in [1.82, 2.24) is 25.5 Å². The van der Waals surface area contributed by atoms with Gasteiger partial charge >= 0.3 is 6.09 Å². The quantitative estimate of drug-likeness (QED) is 0.488. The lowest BCUT2D eigenvalue weighted by molar-refractivity contribution is 0.0943. The van der Waals surface area contributed by atoms with Gasteiger partial charge in [0.1, 0.15) is 5.69 Å². The molecular formula is C23H23N5O4. The molecule has 0 bridgehead atoms. The van der Waals surface area contributed by atoms with E-state index in [0.29, 0.717) is 30.8 Å². The molecule has 164 valence electrons. The number of rotatable bonds is 5. The molecule has 2 fully saturated rings. The van der Waals surface area contributed by atoms with Crippen LogP contribution in [0.3, 0.4) is 0 Å². The first-order chi connectivity index (χ1) is 15.4. The first-order valence-corrected chi connectivity index (χ1v) is 10.5. The minimum atomic E-state index is -0.922. The Morgan fingerprint density at radius 2 is 1.94 bits per heavy atom. The molecule has 2 aromatic heterocycles. The van der Waals surface area contributed by atoms with Gasteiger partial charge in [-0.2, -0.15) is 0 Å². The van der Waals surface area contributed by atoms with Crippen molar-refractivity contribution in [1.29, 1.82) is 0 Å². The fraction of sp³-hybridized carbons (Fsp3) is 0.304. The molecule has 9 heteroatoms. The van der Waals surface area contributed by atoms with Crippen molar-refractivity contribution in [3.05, 3.63) is 65.1 Å². The van der Waals surface area contributed by atoms with E-state index in [1.807, 2.05) is 30.5 Å². The molecule has 1 aliphatic heterocycles. The summed E-state index contributed by atoms with van der Waals surface area (Å²) in [5, 5.41) is 15.7. The van der Waals surface area contributed by atoms with Crippen LogP contribution in [0.5, 0.6) is 0 Å². The Labute approximate surface area is 183 Å². The number of amides is 3. The van der Waals surface area contributed by atoms with Gasteiger partial charge in [-0.25, -0.2) is 9.78 Å². The lowest BCUT2D eigenvalue weighted by Gasteiger charge is -2.16. The third-order valence-electron chi connectivity index (χ3n) is 6.42. The van der Waals surface area contributed by atoms with Crippen LogP contribution in [-0.2, 0) is 6.42 Å². The number of carbonyl (C=O) groups excluding carboxylic acids is 2. The summed E-state index contributed by atoms with van der Waals surface area (Å²) in [6, 6.07) is 11.1. The van der Waals surface area contributed by atoms with Gasteiger partial charge in [0.25, 0.3) is 11.8 Å². The maximum Gasteiger partial charge on any atom is 0.407 e. The SMILES string of the molecule is CNC(=O)c1cc(C(=O)NC2C3CN(C(=O)O)CC32)cc(Cc2cccc3[nH]ccc23)n1. The van der Waals surface area contributed by atoms with E-state index < -0.39 is 6.09 Å². The number of aromatic nitrogens is 2. The summed E-state index contributed by atoms with van der Waals surface area (Å²) in [6.07, 6.45) is 1.43. The number of carboxylic acid groups (broad SMARTS) is 1. The van der Waals surface area contributed by atoms with Crippen molar-refractivity contribution in [3.8, 4) is 0 Å². The maximum absolute atomic E-state index is 13.0. The molecule has 2 aliphatic rings. The number of likely N-dealkylation sites (tertiary alicyclic amines) is 1. The highest BCUT2D eigenvalue weighted by Gasteiger charge is 2.57. The molecule has 4 N–H and O–H groups in total. The van der Waals surface area contributed by atoms with Gasteiger partial charge in [-0.15, -0.1) is 0 Å². The Kier molecular flexibility index (Phi) is 4.80. The van der Waals surface area contributed by atoms with E-state index in [9.17, 15) is 14.4 Å². The Morgan fingerprint density at radius 1 is 1.16 bits per heavy atom. The lowest BCUT2D eigenvalue weighted by atomic mass is 10.0. The normalized spacial score (nSPS) is 21.3. The van der Waals surface area contributed by atoms with Crippen LogP contribution < -0.4 is 10.6 Å². The summed E-state index contributed by atoms with van der Waals surface area (Å²) in [5.74, 6) is -0.331. The number of piperidine rings is 1. The van der Waals surface area contributed by atoms with E-state index in [0.717, 1.165) is 16.5 Å². The molecule has 9 nitrogen and oxygen atoms in total. The van der Waals surface area contributed by atoms with Crippen LogP contribution in [0, 0.1) is 11.8 Å². The van der Waals surface area contributed by atoms with Crippen LogP contribution in [0.2, 0.25) is 0 Å². The van der Waals surface area contributed by atoms with Crippen molar-refractivity contribution >= 4 is 28.8 Å². The molecule has 0 spiro atoms. The van der Waals surface area contributed by atoms with Crippen LogP contribution in [0.1, 0.15) is 32.1 Å². The number of fused-ring (bicyclic) bond motifs is 2. The zero-order valence-corrected chi connectivity index (χ0v) is 17.5. The van der Waals surface area contributed by atoms with Gasteiger partial charge in [0.2, 0.25) is 0 Å². The predicted molar refractivity (Wildman–Crippen MR) is 117 cm³/mol. The smallest absolute Gasteiger partial charge is 0.407 e. The molecule has 1 aromatic carbocycles. The van der Waals surface area contributed by atoms with Gasteiger partial charge in [-0.1, -0.05) is 12.1 Å². The van der Waals surface area contributed by atoms with E-state index >= 15 is 0 Å². The molecule has 2 atom stereocenters. The number of benzene rings is 1. The average Bonchev–Trinajstić information content (AvgIpc) is 3.18. The van der Waals surface area contributed by atoms with Crippen LogP contribution in [-0.4, -0.2) is 64.1 Å². The number of nitrogens with one attached hydrogen (secondary N) is 3. The second kappa shape index (κ2) is 7.67. The molecule has 3 heterocycles. The maximum atomic E-state index is 13.0. The number of pyridine rings is 1. The van der Waals surface area contributed by atoms with E-state index in [2.05, 4.69) is 20.6 Å². The minimum absolute atomic E-state index is 0.0354. The van der Waals surface area contributed by atoms with Crippen molar-refractivity contribution in [3.63, 3.8) is 0 Å². The molecule has 1 saturated heterocycles. The second-order valence-corrected chi connectivity index (χ2v) is 8.36. The molecule has 1 aliphatic carbocycles. The molecule has 3 amide bonds. The Hall–Kier alpha value is -3.88. The number of hydrogen-bond acceptors (Lipinski definition) is 4. The summed E-state index contributed by atoms with van der Waals surface area (Å²) < 4.78 is 0. The summed E-state index contributed by atoms with van der Waals surface area (Å²) in [5.41, 5.74) is 3.23. The zero-order chi connectivity index (χ0) is 22.4. The molecule has 2 unspecified atom stereocenters. The van der Waals surface area contributed by atoms with Gasteiger partial charge < -0.3 is 25.6 Å². The fourth-order valence-electron chi connectivity index (χ4n) is 4.68. The van der Waals surface area contributed by atoms with Crippen LogP contribution in [0.15, 0.2) is 42.6 Å². The van der Waals surface area contributed by atoms with Gasteiger partial charge in [0.15, 0.2) is 0 Å². The van der Waals surface area contributed by atoms with Crippen molar-refractivity contribution in [2.75, 3.05) is 20.1 Å². The van der Waals surface area contributed by atoms with Crippen LogP contribution in [0.25, 0.3) is 10.9 Å². The minimum Gasteiger partial charge on any atom is -0.465 e. The van der Waals surface area contributed by atoms with Crippen LogP contribution in [0.4, 0.5) is 4.79 Å². The van der Waals surface area contributed by atoms with Crippen LogP contribution >= 0.6 is 0 Å². The van der Waals surface area contributed by atoms with E-state index in [-0.39, 0.29) is 35.4 Å². The Bertz CT molecular complexity index is 1220.